The number of ketones is 1. The lowest BCUT2D eigenvalue weighted by molar-refractivity contribution is 0.0987. The summed E-state index contributed by atoms with van der Waals surface area (Å²) in [5.74, 6) is 0.0228. The van der Waals surface area contributed by atoms with Gasteiger partial charge in [0.05, 0.1) is 17.1 Å². The van der Waals surface area contributed by atoms with E-state index in [1.165, 1.54) is 16.9 Å². The highest BCUT2D eigenvalue weighted by Gasteiger charge is 2.19. The van der Waals surface area contributed by atoms with Gasteiger partial charge in [0.15, 0.2) is 5.78 Å². The van der Waals surface area contributed by atoms with Crippen molar-refractivity contribution in [1.82, 2.24) is 15.2 Å². The minimum absolute atomic E-state index is 0.0228. The maximum atomic E-state index is 12.4. The minimum Gasteiger partial charge on any atom is -0.292 e. The Morgan fingerprint density at radius 2 is 1.96 bits per heavy atom. The van der Waals surface area contributed by atoms with Gasteiger partial charge in [-0.25, -0.2) is 4.98 Å². The average Bonchev–Trinajstić information content (AvgIpc) is 3.17. The summed E-state index contributed by atoms with van der Waals surface area (Å²) in [4.78, 5) is 16.9. The quantitative estimate of drug-likeness (QED) is 0.709. The predicted octanol–water partition coefficient (Wildman–Crippen LogP) is 4.18. The van der Waals surface area contributed by atoms with Gasteiger partial charge < -0.3 is 0 Å². The number of H-pyrrole nitrogens is 1. The summed E-state index contributed by atoms with van der Waals surface area (Å²) in [6.07, 6.45) is 1.06. The van der Waals surface area contributed by atoms with Crippen LogP contribution in [0.1, 0.15) is 53.2 Å². The highest BCUT2D eigenvalue weighted by Crippen LogP contribution is 2.21. The molecule has 0 unspecified atom stereocenters. The third kappa shape index (κ3) is 3.97. The standard InChI is InChI=1S/C19H21N3OS/c1-19(2,3)17-11-14(21-22-17)10-16(23)15-12-24-18(20-15)9-13-7-5-4-6-8-13/h4-8,11-12H,9-10H2,1-3H3,(H,21,22). The first kappa shape index (κ1) is 16.6. The SMILES string of the molecule is CC(C)(C)c1cc(CC(=O)c2csc(Cc3ccccc3)n2)[nH]n1. The maximum Gasteiger partial charge on any atom is 0.187 e. The molecular formula is C19H21N3OS. The molecule has 0 atom stereocenters. The van der Waals surface area contributed by atoms with E-state index in [1.54, 1.807) is 0 Å². The molecule has 2 aromatic heterocycles. The summed E-state index contributed by atoms with van der Waals surface area (Å²) < 4.78 is 0. The Kier molecular flexibility index (Phi) is 4.62. The Balaban J connectivity index is 1.67. The molecule has 1 aromatic carbocycles. The van der Waals surface area contributed by atoms with Crippen molar-refractivity contribution in [2.75, 3.05) is 0 Å². The highest BCUT2D eigenvalue weighted by molar-refractivity contribution is 7.09. The van der Waals surface area contributed by atoms with Crippen molar-refractivity contribution in [2.45, 2.75) is 39.0 Å². The van der Waals surface area contributed by atoms with Gasteiger partial charge in [-0.3, -0.25) is 9.89 Å². The van der Waals surface area contributed by atoms with E-state index < -0.39 is 0 Å². The first-order valence-electron chi connectivity index (χ1n) is 7.98. The van der Waals surface area contributed by atoms with Crippen LogP contribution < -0.4 is 0 Å². The molecule has 0 aliphatic heterocycles. The van der Waals surface area contributed by atoms with Gasteiger partial charge in [-0.05, 0) is 11.6 Å². The van der Waals surface area contributed by atoms with Gasteiger partial charge in [-0.15, -0.1) is 11.3 Å². The van der Waals surface area contributed by atoms with E-state index in [1.807, 2.05) is 29.6 Å². The molecule has 0 bridgehead atoms. The van der Waals surface area contributed by atoms with Crippen molar-refractivity contribution in [1.29, 1.82) is 0 Å². The fraction of sp³-hybridized carbons (Fsp3) is 0.316. The molecule has 4 nitrogen and oxygen atoms in total. The number of benzene rings is 1. The monoisotopic (exact) mass is 339 g/mol. The van der Waals surface area contributed by atoms with Crippen LogP contribution >= 0.6 is 11.3 Å². The number of nitrogens with one attached hydrogen (secondary N) is 1. The first-order chi connectivity index (χ1) is 11.4. The number of rotatable bonds is 5. The van der Waals surface area contributed by atoms with Gasteiger partial charge in [-0.1, -0.05) is 51.1 Å². The number of aromatic nitrogens is 3. The van der Waals surface area contributed by atoms with Crippen LogP contribution in [0.2, 0.25) is 0 Å². The number of Topliss-reactive ketones (excluding diaryl/α,β-unsaturated/α-hetero) is 1. The Labute approximate surface area is 146 Å². The number of thiazole rings is 1. The van der Waals surface area contributed by atoms with Crippen LogP contribution in [0.3, 0.4) is 0 Å². The molecule has 124 valence electrons. The molecule has 3 rings (SSSR count). The smallest absolute Gasteiger partial charge is 0.187 e. The lowest BCUT2D eigenvalue weighted by Crippen LogP contribution is -2.11. The van der Waals surface area contributed by atoms with Crippen molar-refractivity contribution < 1.29 is 4.79 Å². The molecule has 0 aliphatic rings. The zero-order valence-corrected chi connectivity index (χ0v) is 15.0. The van der Waals surface area contributed by atoms with Crippen LogP contribution in [-0.4, -0.2) is 21.0 Å². The third-order valence-electron chi connectivity index (χ3n) is 3.79. The average molecular weight is 339 g/mol. The van der Waals surface area contributed by atoms with Crippen molar-refractivity contribution >= 4 is 17.1 Å². The van der Waals surface area contributed by atoms with E-state index in [9.17, 15) is 4.79 Å². The molecule has 2 heterocycles. The molecule has 0 spiro atoms. The van der Waals surface area contributed by atoms with Gasteiger partial charge in [0, 0.05) is 22.9 Å². The summed E-state index contributed by atoms with van der Waals surface area (Å²) in [5.41, 5.74) is 3.52. The van der Waals surface area contributed by atoms with Crippen LogP contribution in [-0.2, 0) is 18.3 Å². The predicted molar refractivity (Wildman–Crippen MR) is 96.7 cm³/mol. The summed E-state index contributed by atoms with van der Waals surface area (Å²) in [7, 11) is 0. The van der Waals surface area contributed by atoms with Crippen molar-refractivity contribution in [3.8, 4) is 0 Å². The second-order valence-corrected chi connectivity index (χ2v) is 7.86. The van der Waals surface area contributed by atoms with E-state index >= 15 is 0 Å². The number of hydrogen-bond donors (Lipinski definition) is 1. The second kappa shape index (κ2) is 6.69. The number of hydrogen-bond acceptors (Lipinski definition) is 4. The highest BCUT2D eigenvalue weighted by atomic mass is 32.1. The number of nitrogens with zero attached hydrogens (tertiary/aromatic N) is 2. The number of carbonyl (C=O) groups is 1. The molecule has 5 heteroatoms. The fourth-order valence-corrected chi connectivity index (χ4v) is 3.22. The first-order valence-corrected chi connectivity index (χ1v) is 8.86. The lowest BCUT2D eigenvalue weighted by Gasteiger charge is -2.13. The second-order valence-electron chi connectivity index (χ2n) is 6.92. The molecular weight excluding hydrogens is 318 g/mol. The largest absolute Gasteiger partial charge is 0.292 e. The molecule has 3 aromatic rings. The van der Waals surface area contributed by atoms with Crippen LogP contribution in [0.4, 0.5) is 0 Å². The molecule has 0 radical (unpaired) electrons. The van der Waals surface area contributed by atoms with Gasteiger partial charge in [0.1, 0.15) is 5.69 Å². The fourth-order valence-electron chi connectivity index (χ4n) is 2.39. The summed E-state index contributed by atoms with van der Waals surface area (Å²) >= 11 is 1.53. The topological polar surface area (TPSA) is 58.6 Å². The van der Waals surface area contributed by atoms with E-state index in [0.29, 0.717) is 12.1 Å². The van der Waals surface area contributed by atoms with Crippen molar-refractivity contribution in [3.05, 3.63) is 69.4 Å². The Morgan fingerprint density at radius 3 is 2.62 bits per heavy atom. The van der Waals surface area contributed by atoms with Crippen molar-refractivity contribution in [3.63, 3.8) is 0 Å². The summed E-state index contributed by atoms with van der Waals surface area (Å²) in [6, 6.07) is 12.1. The lowest BCUT2D eigenvalue weighted by atomic mass is 9.92. The molecule has 0 aliphatic carbocycles. The van der Waals surface area contributed by atoms with E-state index in [4.69, 9.17) is 0 Å². The van der Waals surface area contributed by atoms with Crippen LogP contribution in [0, 0.1) is 0 Å². The van der Waals surface area contributed by atoms with E-state index in [2.05, 4.69) is 48.1 Å². The Bertz CT molecular complexity index is 828. The number of aromatic amines is 1. The summed E-state index contributed by atoms with van der Waals surface area (Å²) in [5, 5.41) is 10.1. The summed E-state index contributed by atoms with van der Waals surface area (Å²) in [6.45, 7) is 6.31. The van der Waals surface area contributed by atoms with Gasteiger partial charge >= 0.3 is 0 Å². The molecule has 0 saturated heterocycles. The Hall–Kier alpha value is -2.27. The number of carbonyl (C=O) groups excluding carboxylic acids is 1. The van der Waals surface area contributed by atoms with Gasteiger partial charge in [0.2, 0.25) is 0 Å². The van der Waals surface area contributed by atoms with Crippen molar-refractivity contribution in [2.24, 2.45) is 0 Å². The molecule has 0 saturated carbocycles. The van der Waals surface area contributed by atoms with Crippen LogP contribution in [0.5, 0.6) is 0 Å². The van der Waals surface area contributed by atoms with E-state index in [-0.39, 0.29) is 11.2 Å². The maximum absolute atomic E-state index is 12.4. The molecule has 0 fully saturated rings. The molecule has 1 N–H and O–H groups in total. The normalized spacial score (nSPS) is 11.6. The Morgan fingerprint density at radius 1 is 1.21 bits per heavy atom. The minimum atomic E-state index is -0.0265. The molecule has 24 heavy (non-hydrogen) atoms. The van der Waals surface area contributed by atoms with Crippen LogP contribution in [0.15, 0.2) is 41.8 Å². The van der Waals surface area contributed by atoms with E-state index in [0.717, 1.165) is 22.8 Å². The van der Waals surface area contributed by atoms with Crippen LogP contribution in [0.25, 0.3) is 0 Å². The zero-order chi connectivity index (χ0) is 17.2. The van der Waals surface area contributed by atoms with Gasteiger partial charge in [-0.2, -0.15) is 5.10 Å². The third-order valence-corrected chi connectivity index (χ3v) is 4.63. The van der Waals surface area contributed by atoms with Gasteiger partial charge in [0.25, 0.3) is 0 Å². The molecule has 0 amide bonds. The zero-order valence-electron chi connectivity index (χ0n) is 14.2.